The molecule has 0 aliphatic rings. The molecule has 1 rings (SSSR count). The third kappa shape index (κ3) is 9.44. The number of thioether (sulfide) groups is 1. The number of alkyl halides is 3. The van der Waals surface area contributed by atoms with Crippen molar-refractivity contribution in [1.82, 2.24) is 10.6 Å². The van der Waals surface area contributed by atoms with Gasteiger partial charge in [-0.05, 0) is 12.1 Å². The van der Waals surface area contributed by atoms with Crippen LogP contribution in [0.25, 0.3) is 0 Å². The number of aliphatic hydroxyl groups excluding tert-OH is 1. The number of halogens is 3. The van der Waals surface area contributed by atoms with E-state index in [0.717, 1.165) is 17.5 Å². The minimum Gasteiger partial charge on any atom is -0.492 e. The number of carbonyl (C=O) groups excluding carboxylic acids is 1. The minimum absolute atomic E-state index is 0.0107. The molecule has 1 atom stereocenters. The van der Waals surface area contributed by atoms with Crippen LogP contribution in [0.3, 0.4) is 0 Å². The Morgan fingerprint density at radius 3 is 2.61 bits per heavy atom. The summed E-state index contributed by atoms with van der Waals surface area (Å²) in [5.41, 5.74) is 0. The van der Waals surface area contributed by atoms with Crippen LogP contribution in [0.2, 0.25) is 0 Å². The number of hydrogen-bond acceptors (Lipinski definition) is 5. The van der Waals surface area contributed by atoms with Crippen molar-refractivity contribution >= 4 is 69.0 Å². The highest BCUT2D eigenvalue weighted by Gasteiger charge is 2.31. The molecule has 0 saturated carbocycles. The van der Waals surface area contributed by atoms with E-state index in [4.69, 9.17) is 51.8 Å². The van der Waals surface area contributed by atoms with Crippen LogP contribution in [-0.4, -0.2) is 44.3 Å². The molecule has 0 unspecified atom stereocenters. The third-order valence-electron chi connectivity index (χ3n) is 2.33. The van der Waals surface area contributed by atoms with Gasteiger partial charge >= 0.3 is 0 Å². The van der Waals surface area contributed by atoms with Crippen LogP contribution >= 0.6 is 58.8 Å². The number of thiocarbonyl (C=S) groups is 1. The largest absolute Gasteiger partial charge is 0.492 e. The van der Waals surface area contributed by atoms with Crippen molar-refractivity contribution in [3.63, 3.8) is 0 Å². The van der Waals surface area contributed by atoms with Crippen molar-refractivity contribution in [2.75, 3.05) is 18.9 Å². The Morgan fingerprint density at radius 1 is 1.35 bits per heavy atom. The van der Waals surface area contributed by atoms with E-state index in [0.29, 0.717) is 17.5 Å². The Bertz CT molecular complexity index is 515. The molecule has 0 bridgehead atoms. The molecule has 0 fully saturated rings. The van der Waals surface area contributed by atoms with Crippen molar-refractivity contribution in [3.05, 3.63) is 30.3 Å². The van der Waals surface area contributed by atoms with Gasteiger partial charge < -0.3 is 20.5 Å². The van der Waals surface area contributed by atoms with Gasteiger partial charge in [0, 0.05) is 0 Å². The maximum Gasteiger partial charge on any atom is 0.234 e. The molecular formula is C13H15Cl3N2O3S2. The summed E-state index contributed by atoms with van der Waals surface area (Å²) in [6.07, 6.45) is -1.58. The molecule has 5 nitrogen and oxygen atoms in total. The lowest BCUT2D eigenvalue weighted by Crippen LogP contribution is -2.44. The van der Waals surface area contributed by atoms with Crippen molar-refractivity contribution in [2.45, 2.75) is 10.0 Å². The maximum atomic E-state index is 11.5. The molecule has 1 amide bonds. The molecular weight excluding hydrogens is 403 g/mol. The molecule has 0 spiro atoms. The number of amides is 1. The molecule has 10 heteroatoms. The summed E-state index contributed by atoms with van der Waals surface area (Å²) >= 11 is 22.5. The lowest BCUT2D eigenvalue weighted by Gasteiger charge is -2.19. The van der Waals surface area contributed by atoms with Crippen molar-refractivity contribution in [2.24, 2.45) is 0 Å². The van der Waals surface area contributed by atoms with E-state index in [9.17, 15) is 9.90 Å². The Labute approximate surface area is 159 Å². The van der Waals surface area contributed by atoms with Gasteiger partial charge in [0.2, 0.25) is 9.70 Å². The Hall–Kier alpha value is -0.440. The first-order chi connectivity index (χ1) is 10.8. The molecule has 0 saturated heterocycles. The minimum atomic E-state index is -1.98. The lowest BCUT2D eigenvalue weighted by atomic mass is 10.3. The average Bonchev–Trinajstić information content (AvgIpc) is 2.49. The van der Waals surface area contributed by atoms with Crippen LogP contribution in [0.5, 0.6) is 5.75 Å². The highest BCUT2D eigenvalue weighted by atomic mass is 35.6. The number of rotatable bonds is 7. The number of carbonyl (C=O) groups is 1. The summed E-state index contributed by atoms with van der Waals surface area (Å²) in [5, 5.41) is 14.5. The van der Waals surface area contributed by atoms with Crippen molar-refractivity contribution in [1.29, 1.82) is 0 Å². The van der Waals surface area contributed by atoms with Crippen LogP contribution in [0.15, 0.2) is 30.3 Å². The summed E-state index contributed by atoms with van der Waals surface area (Å²) < 4.78 is 3.94. The van der Waals surface area contributed by atoms with Gasteiger partial charge in [0.05, 0.1) is 12.3 Å². The number of aliphatic hydroxyl groups is 1. The zero-order valence-corrected chi connectivity index (χ0v) is 15.7. The first-order valence-electron chi connectivity index (χ1n) is 6.41. The molecule has 1 aromatic carbocycles. The summed E-state index contributed by atoms with van der Waals surface area (Å²) in [7, 11) is 0. The Kier molecular flexibility index (Phi) is 9.34. The van der Waals surface area contributed by atoms with Crippen LogP contribution in [0, 0.1) is 0 Å². The van der Waals surface area contributed by atoms with E-state index < -0.39 is 15.9 Å². The van der Waals surface area contributed by atoms with E-state index in [1.165, 1.54) is 0 Å². The first kappa shape index (κ1) is 20.6. The van der Waals surface area contributed by atoms with Gasteiger partial charge in [-0.25, -0.2) is 0 Å². The summed E-state index contributed by atoms with van der Waals surface area (Å²) in [5.74, 6) is 0.259. The first-order valence-corrected chi connectivity index (χ1v) is 8.94. The lowest BCUT2D eigenvalue weighted by molar-refractivity contribution is -0.121. The molecule has 23 heavy (non-hydrogen) atoms. The number of nitrogens with one attached hydrogen (secondary N) is 2. The van der Waals surface area contributed by atoms with Gasteiger partial charge in [-0.15, -0.1) is 0 Å². The molecule has 3 N–H and O–H groups in total. The van der Waals surface area contributed by atoms with Crippen LogP contribution < -0.4 is 15.4 Å². The fraction of sp³-hybridized carbons (Fsp3) is 0.385. The normalized spacial score (nSPS) is 12.3. The fourth-order valence-electron chi connectivity index (χ4n) is 1.30. The van der Waals surface area contributed by atoms with Crippen LogP contribution in [0.4, 0.5) is 0 Å². The quantitative estimate of drug-likeness (QED) is 0.274. The summed E-state index contributed by atoms with van der Waals surface area (Å²) in [4.78, 5) is 11.5. The van der Waals surface area contributed by atoms with Crippen molar-refractivity contribution in [3.8, 4) is 5.75 Å². The average molecular weight is 418 g/mol. The second kappa shape index (κ2) is 10.4. The standard InChI is InChI=1S/C13H15Cl3N2O3S2/c14-13(15,16)11(20)18-10(19)8-23-12(22)17-6-7-21-9-4-2-1-3-5-9/h1-5,11,20H,6-8H2,(H,17,22)(H,18,19)/t11-/m0/s1. The molecule has 128 valence electrons. The highest BCUT2D eigenvalue weighted by Crippen LogP contribution is 2.28. The van der Waals surface area contributed by atoms with E-state index >= 15 is 0 Å². The predicted octanol–water partition coefficient (Wildman–Crippen LogP) is 2.48. The summed E-state index contributed by atoms with van der Waals surface area (Å²) in [6.45, 7) is 0.933. The molecule has 0 heterocycles. The molecule has 0 aliphatic heterocycles. The number of hydrogen-bond donors (Lipinski definition) is 3. The van der Waals surface area contributed by atoms with E-state index in [2.05, 4.69) is 10.6 Å². The molecule has 0 radical (unpaired) electrons. The SMILES string of the molecule is O=C(CSC(=S)NCCOc1ccccc1)N[C@@H](O)C(Cl)(Cl)Cl. The van der Waals surface area contributed by atoms with Gasteiger partial charge in [0.1, 0.15) is 16.7 Å². The zero-order chi connectivity index (χ0) is 17.3. The second-order valence-electron chi connectivity index (χ2n) is 4.18. The van der Waals surface area contributed by atoms with Gasteiger partial charge in [-0.1, -0.05) is 77.0 Å². The van der Waals surface area contributed by atoms with E-state index in [-0.39, 0.29) is 5.75 Å². The Morgan fingerprint density at radius 2 is 2.00 bits per heavy atom. The monoisotopic (exact) mass is 416 g/mol. The van der Waals surface area contributed by atoms with E-state index in [1.54, 1.807) is 0 Å². The van der Waals surface area contributed by atoms with Gasteiger partial charge in [0.15, 0.2) is 6.23 Å². The zero-order valence-electron chi connectivity index (χ0n) is 11.8. The smallest absolute Gasteiger partial charge is 0.234 e. The van der Waals surface area contributed by atoms with Gasteiger partial charge in [0.25, 0.3) is 0 Å². The van der Waals surface area contributed by atoms with Crippen LogP contribution in [-0.2, 0) is 4.79 Å². The number of para-hydroxylation sites is 1. The fourth-order valence-corrected chi connectivity index (χ4v) is 2.29. The number of ether oxygens (including phenoxy) is 1. The van der Waals surface area contributed by atoms with Gasteiger partial charge in [-0.3, -0.25) is 4.79 Å². The molecule has 1 aromatic rings. The molecule has 0 aromatic heterocycles. The van der Waals surface area contributed by atoms with Gasteiger partial charge in [-0.2, -0.15) is 0 Å². The Balaban J connectivity index is 2.13. The summed E-state index contributed by atoms with van der Waals surface area (Å²) in [6, 6.07) is 9.38. The van der Waals surface area contributed by atoms with Crippen LogP contribution in [0.1, 0.15) is 0 Å². The predicted molar refractivity (Wildman–Crippen MR) is 99.4 cm³/mol. The van der Waals surface area contributed by atoms with E-state index in [1.807, 2.05) is 30.3 Å². The third-order valence-corrected chi connectivity index (χ3v) is 4.26. The topological polar surface area (TPSA) is 70.6 Å². The highest BCUT2D eigenvalue weighted by molar-refractivity contribution is 8.23. The maximum absolute atomic E-state index is 11.5. The second-order valence-corrected chi connectivity index (χ2v) is 8.20. The number of benzene rings is 1. The van der Waals surface area contributed by atoms with Crippen molar-refractivity contribution < 1.29 is 14.6 Å². The molecule has 0 aliphatic carbocycles.